The number of hydrogen-bond donors (Lipinski definition) is 1. The van der Waals surface area contributed by atoms with Crippen LogP contribution in [0.15, 0.2) is 12.1 Å². The molecule has 1 aromatic carbocycles. The second-order valence-corrected chi connectivity index (χ2v) is 5.01. The van der Waals surface area contributed by atoms with Gasteiger partial charge in [-0.25, -0.2) is 0 Å². The molecule has 7 heteroatoms. The first-order chi connectivity index (χ1) is 9.90. The van der Waals surface area contributed by atoms with Crippen molar-refractivity contribution in [2.75, 3.05) is 37.4 Å². The van der Waals surface area contributed by atoms with Gasteiger partial charge in [0.15, 0.2) is 6.61 Å². The monoisotopic (exact) mass is 304 g/mol. The lowest BCUT2D eigenvalue weighted by Gasteiger charge is -2.31. The van der Waals surface area contributed by atoms with Crippen LogP contribution in [0.4, 0.5) is 24.5 Å². The van der Waals surface area contributed by atoms with E-state index in [2.05, 4.69) is 0 Å². The van der Waals surface area contributed by atoms with Gasteiger partial charge in [-0.15, -0.1) is 0 Å². The van der Waals surface area contributed by atoms with E-state index in [1.165, 1.54) is 13.2 Å². The highest BCUT2D eigenvalue weighted by molar-refractivity contribution is 5.70. The summed E-state index contributed by atoms with van der Waals surface area (Å²) < 4.78 is 47.2. The normalized spacial score (nSPS) is 15.9. The Morgan fingerprint density at radius 1 is 1.14 bits per heavy atom. The molecule has 0 saturated carbocycles. The molecule has 118 valence electrons. The van der Waals surface area contributed by atoms with Crippen LogP contribution in [0.25, 0.3) is 0 Å². The minimum atomic E-state index is -4.38. The van der Waals surface area contributed by atoms with Gasteiger partial charge < -0.3 is 20.1 Å². The largest absolute Gasteiger partial charge is 0.495 e. The maximum absolute atomic E-state index is 12.4. The molecule has 1 fully saturated rings. The Bertz CT molecular complexity index is 486. The molecular formula is C14H19F3N2O2. The Kier molecular flexibility index (Phi) is 4.69. The summed E-state index contributed by atoms with van der Waals surface area (Å²) in [4.78, 5) is 2.01. The van der Waals surface area contributed by atoms with E-state index in [0.717, 1.165) is 32.4 Å². The molecule has 0 aromatic heterocycles. The maximum Gasteiger partial charge on any atom is 0.422 e. The molecule has 1 aromatic rings. The fraction of sp³-hybridized carbons (Fsp3) is 0.571. The predicted octanol–water partition coefficient (Wildman–Crippen LogP) is 3.21. The van der Waals surface area contributed by atoms with Crippen LogP contribution in [0.5, 0.6) is 11.5 Å². The van der Waals surface area contributed by atoms with E-state index in [0.29, 0.717) is 11.4 Å². The minimum absolute atomic E-state index is 0.146. The van der Waals surface area contributed by atoms with Crippen LogP contribution in [-0.4, -0.2) is 33.0 Å². The average Bonchev–Trinajstić information content (AvgIpc) is 2.45. The summed E-state index contributed by atoms with van der Waals surface area (Å²) in [5, 5.41) is 0. The summed E-state index contributed by atoms with van der Waals surface area (Å²) in [5.74, 6) is 0.586. The van der Waals surface area contributed by atoms with Crippen LogP contribution < -0.4 is 20.1 Å². The highest BCUT2D eigenvalue weighted by Gasteiger charge is 2.29. The van der Waals surface area contributed by atoms with Gasteiger partial charge >= 0.3 is 6.18 Å². The van der Waals surface area contributed by atoms with Gasteiger partial charge in [-0.2, -0.15) is 13.2 Å². The van der Waals surface area contributed by atoms with E-state index < -0.39 is 12.8 Å². The lowest BCUT2D eigenvalue weighted by molar-refractivity contribution is -0.153. The molecule has 2 N–H and O–H groups in total. The second-order valence-electron chi connectivity index (χ2n) is 5.01. The number of alkyl halides is 3. The molecular weight excluding hydrogens is 285 g/mol. The van der Waals surface area contributed by atoms with E-state index in [1.54, 1.807) is 6.07 Å². The third-order valence-corrected chi connectivity index (χ3v) is 3.40. The van der Waals surface area contributed by atoms with Gasteiger partial charge in [0, 0.05) is 25.2 Å². The van der Waals surface area contributed by atoms with Gasteiger partial charge in [0.2, 0.25) is 0 Å². The number of hydrogen-bond acceptors (Lipinski definition) is 4. The van der Waals surface area contributed by atoms with E-state index in [9.17, 15) is 13.2 Å². The summed E-state index contributed by atoms with van der Waals surface area (Å²) in [7, 11) is 1.47. The topological polar surface area (TPSA) is 47.7 Å². The fourth-order valence-corrected chi connectivity index (χ4v) is 2.40. The summed E-state index contributed by atoms with van der Waals surface area (Å²) >= 11 is 0. The molecule has 0 spiro atoms. The van der Waals surface area contributed by atoms with Crippen molar-refractivity contribution in [3.05, 3.63) is 12.1 Å². The zero-order valence-electron chi connectivity index (χ0n) is 11.9. The number of nitrogen functional groups attached to an aromatic ring is 1. The van der Waals surface area contributed by atoms with Gasteiger partial charge in [-0.3, -0.25) is 0 Å². The van der Waals surface area contributed by atoms with E-state index in [1.807, 2.05) is 4.90 Å². The number of nitrogens with two attached hydrogens (primary N) is 1. The number of ether oxygens (including phenoxy) is 2. The number of nitrogens with zero attached hydrogens (tertiary/aromatic N) is 1. The number of benzene rings is 1. The Balaban J connectivity index is 2.29. The quantitative estimate of drug-likeness (QED) is 0.868. The first-order valence-electron chi connectivity index (χ1n) is 6.83. The van der Waals surface area contributed by atoms with Gasteiger partial charge in [-0.1, -0.05) is 0 Å². The SMILES string of the molecule is COc1cc(N2CCCCC2)c(OCC(F)(F)F)cc1N. The van der Waals surface area contributed by atoms with Crippen molar-refractivity contribution in [2.45, 2.75) is 25.4 Å². The molecule has 2 rings (SSSR count). The number of halogens is 3. The molecule has 1 heterocycles. The number of anilines is 2. The van der Waals surface area contributed by atoms with Gasteiger partial charge in [0.25, 0.3) is 0 Å². The van der Waals surface area contributed by atoms with Crippen molar-refractivity contribution in [3.63, 3.8) is 0 Å². The van der Waals surface area contributed by atoms with Crippen LogP contribution in [-0.2, 0) is 0 Å². The molecule has 1 aliphatic heterocycles. The fourth-order valence-electron chi connectivity index (χ4n) is 2.40. The zero-order chi connectivity index (χ0) is 15.5. The molecule has 0 radical (unpaired) electrons. The third-order valence-electron chi connectivity index (χ3n) is 3.40. The van der Waals surface area contributed by atoms with Gasteiger partial charge in [0.1, 0.15) is 11.5 Å². The summed E-state index contributed by atoms with van der Waals surface area (Å²) in [6, 6.07) is 3.04. The van der Waals surface area contributed by atoms with Crippen LogP contribution in [0, 0.1) is 0 Å². The Morgan fingerprint density at radius 3 is 2.38 bits per heavy atom. The molecule has 4 nitrogen and oxygen atoms in total. The number of methoxy groups -OCH3 is 1. The molecule has 1 saturated heterocycles. The van der Waals surface area contributed by atoms with Crippen molar-refractivity contribution in [2.24, 2.45) is 0 Å². The van der Waals surface area contributed by atoms with Gasteiger partial charge in [-0.05, 0) is 19.3 Å². The third kappa shape index (κ3) is 4.09. The molecule has 1 aliphatic rings. The smallest absolute Gasteiger partial charge is 0.422 e. The zero-order valence-corrected chi connectivity index (χ0v) is 11.9. The lowest BCUT2D eigenvalue weighted by atomic mass is 10.1. The predicted molar refractivity (Wildman–Crippen MR) is 75.0 cm³/mol. The summed E-state index contributed by atoms with van der Waals surface area (Å²) in [6.07, 6.45) is -1.24. The standard InChI is InChI=1S/C14H19F3N2O2/c1-20-12-8-11(19-5-3-2-4-6-19)13(7-10(12)18)21-9-14(15,16)17/h7-8H,2-6,9,18H2,1H3. The maximum atomic E-state index is 12.4. The van der Waals surface area contributed by atoms with Crippen LogP contribution >= 0.6 is 0 Å². The molecule has 0 atom stereocenters. The highest BCUT2D eigenvalue weighted by Crippen LogP contribution is 2.38. The molecule has 0 aliphatic carbocycles. The molecule has 0 unspecified atom stereocenters. The first kappa shape index (κ1) is 15.6. The summed E-state index contributed by atoms with van der Waals surface area (Å²) in [5.41, 5.74) is 6.63. The van der Waals surface area contributed by atoms with Crippen molar-refractivity contribution >= 4 is 11.4 Å². The van der Waals surface area contributed by atoms with Crippen molar-refractivity contribution in [1.29, 1.82) is 0 Å². The van der Waals surface area contributed by atoms with Crippen LogP contribution in [0.2, 0.25) is 0 Å². The van der Waals surface area contributed by atoms with Gasteiger partial charge in [0.05, 0.1) is 18.5 Å². The van der Waals surface area contributed by atoms with E-state index >= 15 is 0 Å². The minimum Gasteiger partial charge on any atom is -0.495 e. The lowest BCUT2D eigenvalue weighted by Crippen LogP contribution is -2.30. The Morgan fingerprint density at radius 2 is 1.81 bits per heavy atom. The average molecular weight is 304 g/mol. The van der Waals surface area contributed by atoms with Crippen LogP contribution in [0.3, 0.4) is 0 Å². The molecule has 21 heavy (non-hydrogen) atoms. The highest BCUT2D eigenvalue weighted by atomic mass is 19.4. The van der Waals surface area contributed by atoms with Crippen molar-refractivity contribution < 1.29 is 22.6 Å². The summed E-state index contributed by atoms with van der Waals surface area (Å²) in [6.45, 7) is 0.241. The first-order valence-corrected chi connectivity index (χ1v) is 6.83. The van der Waals surface area contributed by atoms with E-state index in [-0.39, 0.29) is 11.4 Å². The van der Waals surface area contributed by atoms with Crippen LogP contribution in [0.1, 0.15) is 19.3 Å². The molecule has 0 amide bonds. The van der Waals surface area contributed by atoms with E-state index in [4.69, 9.17) is 15.2 Å². The molecule has 0 bridgehead atoms. The second kappa shape index (κ2) is 6.32. The Labute approximate surface area is 121 Å². The number of piperidine rings is 1. The Hall–Kier alpha value is -1.79. The number of rotatable bonds is 4. The van der Waals surface area contributed by atoms with Crippen molar-refractivity contribution in [3.8, 4) is 11.5 Å². The van der Waals surface area contributed by atoms with Crippen molar-refractivity contribution in [1.82, 2.24) is 0 Å².